The Morgan fingerprint density at radius 3 is 2.63 bits per heavy atom. The Bertz CT molecular complexity index is 350. The third-order valence-corrected chi connectivity index (χ3v) is 4.95. The molecule has 1 saturated heterocycles. The van der Waals surface area contributed by atoms with Crippen LogP contribution in [0.5, 0.6) is 0 Å². The van der Waals surface area contributed by atoms with Crippen molar-refractivity contribution >= 4 is 23.6 Å². The van der Waals surface area contributed by atoms with E-state index >= 15 is 0 Å². The van der Waals surface area contributed by atoms with Crippen LogP contribution in [0.2, 0.25) is 0 Å². The summed E-state index contributed by atoms with van der Waals surface area (Å²) in [5.74, 6) is -0.0105. The van der Waals surface area contributed by atoms with Crippen molar-refractivity contribution in [1.29, 1.82) is 0 Å². The van der Waals surface area contributed by atoms with Crippen LogP contribution < -0.4 is 5.32 Å². The van der Waals surface area contributed by atoms with Gasteiger partial charge >= 0.3 is 5.97 Å². The number of carboxylic acids is 1. The van der Waals surface area contributed by atoms with Crippen LogP contribution in [0.25, 0.3) is 0 Å². The first-order valence-electron chi connectivity index (χ1n) is 6.90. The molecule has 2 unspecified atom stereocenters. The van der Waals surface area contributed by atoms with Crippen molar-refractivity contribution < 1.29 is 19.4 Å². The Morgan fingerprint density at radius 2 is 2.00 bits per heavy atom. The van der Waals surface area contributed by atoms with Crippen molar-refractivity contribution in [2.75, 3.05) is 5.75 Å². The topological polar surface area (TPSA) is 75.6 Å². The molecule has 2 fully saturated rings. The highest BCUT2D eigenvalue weighted by Gasteiger charge is 2.36. The van der Waals surface area contributed by atoms with Crippen molar-refractivity contribution in [2.24, 2.45) is 0 Å². The third-order valence-electron chi connectivity index (χ3n) is 3.72. The van der Waals surface area contributed by atoms with E-state index in [0.29, 0.717) is 18.1 Å². The van der Waals surface area contributed by atoms with Crippen LogP contribution in [0, 0.1) is 0 Å². The quantitative estimate of drug-likeness (QED) is 0.799. The lowest BCUT2D eigenvalue weighted by atomic mass is 10.1. The number of carboxylic acid groups (broad SMARTS) is 1. The summed E-state index contributed by atoms with van der Waals surface area (Å²) in [4.78, 5) is 22.8. The lowest BCUT2D eigenvalue weighted by Gasteiger charge is -2.16. The normalized spacial score (nSPS) is 34.4. The second-order valence-corrected chi connectivity index (χ2v) is 6.70. The molecule has 2 aliphatic rings. The van der Waals surface area contributed by atoms with Crippen LogP contribution in [0.3, 0.4) is 0 Å². The van der Waals surface area contributed by atoms with Gasteiger partial charge in [-0.05, 0) is 37.9 Å². The Labute approximate surface area is 117 Å². The summed E-state index contributed by atoms with van der Waals surface area (Å²) < 4.78 is 5.25. The van der Waals surface area contributed by atoms with Gasteiger partial charge in [0.2, 0.25) is 5.91 Å². The molecule has 1 saturated carbocycles. The monoisotopic (exact) mass is 287 g/mol. The van der Waals surface area contributed by atoms with E-state index in [1.165, 1.54) is 0 Å². The lowest BCUT2D eigenvalue weighted by Crippen LogP contribution is -2.40. The van der Waals surface area contributed by atoms with Crippen LogP contribution in [0.4, 0.5) is 0 Å². The van der Waals surface area contributed by atoms with E-state index < -0.39 is 18.2 Å². The lowest BCUT2D eigenvalue weighted by molar-refractivity contribution is -0.151. The first kappa shape index (κ1) is 14.7. The summed E-state index contributed by atoms with van der Waals surface area (Å²) in [6.45, 7) is 2.15. The molecule has 2 rings (SSSR count). The maximum atomic E-state index is 12.0. The molecule has 1 aliphatic carbocycles. The number of ether oxygens (including phenoxy) is 1. The minimum absolute atomic E-state index is 0.143. The molecule has 1 aliphatic heterocycles. The summed E-state index contributed by atoms with van der Waals surface area (Å²) in [5, 5.41) is 12.5. The van der Waals surface area contributed by atoms with Gasteiger partial charge in [-0.25, -0.2) is 4.79 Å². The van der Waals surface area contributed by atoms with Crippen molar-refractivity contribution in [3.63, 3.8) is 0 Å². The van der Waals surface area contributed by atoms with E-state index in [4.69, 9.17) is 9.84 Å². The van der Waals surface area contributed by atoms with Crippen LogP contribution >= 0.6 is 11.8 Å². The predicted octanol–water partition coefficient (Wildman–Crippen LogP) is 1.41. The number of aliphatic carboxylic acids is 1. The number of carbonyl (C=O) groups is 2. The minimum Gasteiger partial charge on any atom is -0.479 e. The molecular formula is C13H21NO4S. The van der Waals surface area contributed by atoms with Gasteiger partial charge in [0.1, 0.15) is 6.10 Å². The Morgan fingerprint density at radius 1 is 1.26 bits per heavy atom. The number of nitrogens with one attached hydrogen (secondary N) is 1. The van der Waals surface area contributed by atoms with Gasteiger partial charge in [-0.2, -0.15) is 11.8 Å². The van der Waals surface area contributed by atoms with Gasteiger partial charge in [0.05, 0.1) is 0 Å². The molecule has 1 amide bonds. The molecule has 2 N–H and O–H groups in total. The molecule has 0 aromatic carbocycles. The van der Waals surface area contributed by atoms with E-state index in [0.717, 1.165) is 25.0 Å². The zero-order valence-electron chi connectivity index (χ0n) is 11.1. The van der Waals surface area contributed by atoms with Gasteiger partial charge in [0, 0.05) is 11.3 Å². The maximum absolute atomic E-state index is 12.0. The van der Waals surface area contributed by atoms with E-state index in [1.807, 2.05) is 11.8 Å². The molecule has 0 spiro atoms. The van der Waals surface area contributed by atoms with Gasteiger partial charge in [0.25, 0.3) is 0 Å². The van der Waals surface area contributed by atoms with Gasteiger partial charge in [0.15, 0.2) is 6.10 Å². The van der Waals surface area contributed by atoms with Gasteiger partial charge in [-0.1, -0.05) is 6.92 Å². The largest absolute Gasteiger partial charge is 0.479 e. The molecule has 0 radical (unpaired) electrons. The average Bonchev–Trinajstić information content (AvgIpc) is 2.98. The predicted molar refractivity (Wildman–Crippen MR) is 73.2 cm³/mol. The van der Waals surface area contributed by atoms with Crippen molar-refractivity contribution in [1.82, 2.24) is 5.32 Å². The fraction of sp³-hybridized carbons (Fsp3) is 0.846. The van der Waals surface area contributed by atoms with Gasteiger partial charge < -0.3 is 15.2 Å². The highest BCUT2D eigenvalue weighted by atomic mass is 32.2. The molecule has 108 valence electrons. The van der Waals surface area contributed by atoms with E-state index in [1.54, 1.807) is 0 Å². The summed E-state index contributed by atoms with van der Waals surface area (Å²) in [6.07, 6.45) is 2.70. The number of amides is 1. The standard InChI is InChI=1S/C13H21NO4S/c1-2-19-9-4-3-8(7-9)14-12(15)10-5-6-11(18-10)13(16)17/h8-11H,2-7H2,1H3,(H,14,15)(H,16,17)/t8?,9?,10-,11+/m0/s1. The number of carbonyl (C=O) groups excluding carboxylic acids is 1. The van der Waals surface area contributed by atoms with Crippen LogP contribution in [0.1, 0.15) is 39.0 Å². The first-order valence-corrected chi connectivity index (χ1v) is 7.95. The average molecular weight is 287 g/mol. The molecule has 19 heavy (non-hydrogen) atoms. The van der Waals surface area contributed by atoms with Gasteiger partial charge in [-0.15, -0.1) is 0 Å². The minimum atomic E-state index is -0.976. The summed E-state index contributed by atoms with van der Waals surface area (Å²) >= 11 is 1.95. The smallest absolute Gasteiger partial charge is 0.332 e. The van der Waals surface area contributed by atoms with Crippen LogP contribution in [-0.2, 0) is 14.3 Å². The number of rotatable bonds is 5. The fourth-order valence-electron chi connectivity index (χ4n) is 2.76. The summed E-state index contributed by atoms with van der Waals surface area (Å²) in [6, 6.07) is 0.226. The van der Waals surface area contributed by atoms with Crippen LogP contribution in [0.15, 0.2) is 0 Å². The number of thioether (sulfide) groups is 1. The Balaban J connectivity index is 1.75. The van der Waals surface area contributed by atoms with Gasteiger partial charge in [-0.3, -0.25) is 4.79 Å². The second kappa shape index (κ2) is 6.61. The maximum Gasteiger partial charge on any atom is 0.332 e. The van der Waals surface area contributed by atoms with Crippen molar-refractivity contribution in [3.8, 4) is 0 Å². The number of hydrogen-bond acceptors (Lipinski definition) is 4. The molecule has 0 aromatic rings. The highest BCUT2D eigenvalue weighted by Crippen LogP contribution is 2.30. The van der Waals surface area contributed by atoms with E-state index in [2.05, 4.69) is 12.2 Å². The van der Waals surface area contributed by atoms with E-state index in [9.17, 15) is 9.59 Å². The Kier molecular flexibility index (Phi) is 5.10. The molecule has 0 aromatic heterocycles. The van der Waals surface area contributed by atoms with Crippen molar-refractivity contribution in [3.05, 3.63) is 0 Å². The third kappa shape index (κ3) is 3.86. The zero-order valence-corrected chi connectivity index (χ0v) is 11.9. The first-order chi connectivity index (χ1) is 9.10. The molecule has 6 heteroatoms. The zero-order chi connectivity index (χ0) is 13.8. The van der Waals surface area contributed by atoms with E-state index in [-0.39, 0.29) is 11.9 Å². The highest BCUT2D eigenvalue weighted by molar-refractivity contribution is 7.99. The molecular weight excluding hydrogens is 266 g/mol. The summed E-state index contributed by atoms with van der Waals surface area (Å²) in [7, 11) is 0. The van der Waals surface area contributed by atoms with Crippen LogP contribution in [-0.4, -0.2) is 46.2 Å². The molecule has 0 bridgehead atoms. The fourth-order valence-corrected chi connectivity index (χ4v) is 3.91. The Hall–Kier alpha value is -0.750. The van der Waals surface area contributed by atoms with Crippen molar-refractivity contribution in [2.45, 2.75) is 62.5 Å². The SMILES string of the molecule is CCSC1CCC(NC(=O)[C@@H]2CC[C@H](C(=O)O)O2)C1. The summed E-state index contributed by atoms with van der Waals surface area (Å²) in [5.41, 5.74) is 0. The molecule has 4 atom stereocenters. The molecule has 1 heterocycles. The number of hydrogen-bond donors (Lipinski definition) is 2. The molecule has 5 nitrogen and oxygen atoms in total. The second-order valence-electron chi connectivity index (χ2n) is 5.12.